The van der Waals surface area contributed by atoms with Crippen LogP contribution in [-0.2, 0) is 10.0 Å². The first-order valence-corrected chi connectivity index (χ1v) is 10.6. The van der Waals surface area contributed by atoms with E-state index in [-0.39, 0.29) is 4.91 Å². The van der Waals surface area contributed by atoms with E-state index in [4.69, 9.17) is 0 Å². The summed E-state index contributed by atoms with van der Waals surface area (Å²) in [6.45, 7) is 3.22. The summed E-state index contributed by atoms with van der Waals surface area (Å²) < 4.78 is 28.0. The maximum absolute atomic E-state index is 13.0. The van der Waals surface area contributed by atoms with Crippen molar-refractivity contribution in [1.29, 1.82) is 0 Å². The van der Waals surface area contributed by atoms with Crippen LogP contribution in [0, 0.1) is 0 Å². The van der Waals surface area contributed by atoms with Gasteiger partial charge in [0.1, 0.15) is 0 Å². The van der Waals surface area contributed by atoms with Gasteiger partial charge in [0.15, 0.2) is 0 Å². The smallest absolute Gasteiger partial charge is 0.262 e. The van der Waals surface area contributed by atoms with E-state index in [2.05, 4.69) is 4.72 Å². The summed E-state index contributed by atoms with van der Waals surface area (Å²) in [6.07, 6.45) is 0. The third kappa shape index (κ3) is 4.73. The Hall–Kier alpha value is -3.38. The van der Waals surface area contributed by atoms with Gasteiger partial charge in [-0.25, -0.2) is 17.9 Å². The predicted octanol–water partition coefficient (Wildman–Crippen LogP) is 5.32. The second kappa shape index (κ2) is 8.75. The molecule has 1 N–H and O–H groups in total. The molecule has 0 spiro atoms. The number of allylic oxidation sites excluding steroid dienone is 2. The van der Waals surface area contributed by atoms with Gasteiger partial charge in [0.05, 0.1) is 16.3 Å². The van der Waals surface area contributed by atoms with Gasteiger partial charge in [-0.2, -0.15) is 0 Å². The van der Waals surface area contributed by atoms with Crippen molar-refractivity contribution < 1.29 is 13.2 Å². The molecule has 0 fully saturated rings. The monoisotopic (exact) mass is 406 g/mol. The molecule has 0 aromatic heterocycles. The minimum absolute atomic E-state index is 0.0955. The average Bonchev–Trinajstić information content (AvgIpc) is 2.74. The lowest BCUT2D eigenvalue weighted by Crippen LogP contribution is -2.40. The Kier molecular flexibility index (Phi) is 6.14. The fourth-order valence-electron chi connectivity index (χ4n) is 2.87. The summed E-state index contributed by atoms with van der Waals surface area (Å²) in [7, 11) is -4.03. The number of hydrogen-bond donors (Lipinski definition) is 1. The van der Waals surface area contributed by atoms with E-state index in [0.717, 1.165) is 5.56 Å². The van der Waals surface area contributed by atoms with E-state index in [9.17, 15) is 13.2 Å². The van der Waals surface area contributed by atoms with Crippen LogP contribution >= 0.6 is 0 Å². The number of hydrogen-bond acceptors (Lipinski definition) is 3. The summed E-state index contributed by atoms with van der Waals surface area (Å²) in [6, 6.07) is 26.3. The van der Waals surface area contributed by atoms with Gasteiger partial charge in [0.25, 0.3) is 10.0 Å². The lowest BCUT2D eigenvalue weighted by molar-refractivity contribution is 0.253. The summed E-state index contributed by atoms with van der Waals surface area (Å²) in [5.74, 6) is 0. The van der Waals surface area contributed by atoms with E-state index in [1.807, 2.05) is 42.5 Å². The number of para-hydroxylation sites is 2. The van der Waals surface area contributed by atoms with Crippen LogP contribution in [0.5, 0.6) is 0 Å². The lowest BCUT2D eigenvalue weighted by Gasteiger charge is -2.23. The van der Waals surface area contributed by atoms with Gasteiger partial charge in [0, 0.05) is 0 Å². The number of nitrogens with zero attached hydrogens (tertiary/aromatic N) is 1. The van der Waals surface area contributed by atoms with Gasteiger partial charge in [-0.3, -0.25) is 4.90 Å². The lowest BCUT2D eigenvalue weighted by atomic mass is 10.1. The Balaban J connectivity index is 1.95. The Morgan fingerprint density at radius 3 is 1.59 bits per heavy atom. The molecule has 0 unspecified atom stereocenters. The molecular weight excluding hydrogens is 384 g/mol. The third-order valence-electron chi connectivity index (χ3n) is 4.59. The molecule has 0 saturated carbocycles. The summed E-state index contributed by atoms with van der Waals surface area (Å²) in [4.78, 5) is 14.5. The molecule has 0 aliphatic heterocycles. The fourth-order valence-corrected chi connectivity index (χ4v) is 3.86. The van der Waals surface area contributed by atoms with Gasteiger partial charge < -0.3 is 0 Å². The highest BCUT2D eigenvalue weighted by Gasteiger charge is 2.25. The molecule has 29 heavy (non-hydrogen) atoms. The largest absolute Gasteiger partial charge is 0.340 e. The van der Waals surface area contributed by atoms with E-state index in [1.165, 1.54) is 11.8 Å². The highest BCUT2D eigenvalue weighted by atomic mass is 32.2. The minimum atomic E-state index is -4.03. The molecule has 148 valence electrons. The highest BCUT2D eigenvalue weighted by Crippen LogP contribution is 2.26. The van der Waals surface area contributed by atoms with Crippen molar-refractivity contribution in [1.82, 2.24) is 4.72 Å². The SMILES string of the molecule is CC(=C(C)S(=O)(=O)NC(=O)N(c1ccccc1)c1ccccc1)c1ccccc1. The third-order valence-corrected chi connectivity index (χ3v) is 6.15. The number of urea groups is 1. The number of anilines is 2. The van der Waals surface area contributed by atoms with Crippen molar-refractivity contribution in [2.45, 2.75) is 13.8 Å². The molecule has 0 bridgehead atoms. The second-order valence-electron chi connectivity index (χ2n) is 6.46. The Labute approximate surface area is 171 Å². The van der Waals surface area contributed by atoms with Gasteiger partial charge in [0.2, 0.25) is 0 Å². The summed E-state index contributed by atoms with van der Waals surface area (Å²) in [5, 5.41) is 0. The van der Waals surface area contributed by atoms with Crippen molar-refractivity contribution in [2.24, 2.45) is 0 Å². The summed E-state index contributed by atoms with van der Waals surface area (Å²) >= 11 is 0. The summed E-state index contributed by atoms with van der Waals surface area (Å²) in [5.41, 5.74) is 2.49. The second-order valence-corrected chi connectivity index (χ2v) is 8.29. The zero-order chi connectivity index (χ0) is 20.9. The molecule has 0 heterocycles. The molecule has 6 heteroatoms. The van der Waals surface area contributed by atoms with Crippen LogP contribution in [0.1, 0.15) is 19.4 Å². The van der Waals surface area contributed by atoms with Crippen molar-refractivity contribution in [3.63, 3.8) is 0 Å². The Morgan fingerprint density at radius 1 is 0.724 bits per heavy atom. The number of carbonyl (C=O) groups excluding carboxylic acids is 1. The Bertz CT molecular complexity index is 1070. The van der Waals surface area contributed by atoms with Gasteiger partial charge in [-0.1, -0.05) is 66.7 Å². The maximum atomic E-state index is 13.0. The van der Waals surface area contributed by atoms with Gasteiger partial charge in [-0.05, 0) is 49.2 Å². The molecule has 0 atom stereocenters. The topological polar surface area (TPSA) is 66.5 Å². The number of benzene rings is 3. The minimum Gasteiger partial charge on any atom is -0.262 e. The molecular formula is C23H22N2O3S. The fraction of sp³-hybridized carbons (Fsp3) is 0.0870. The van der Waals surface area contributed by atoms with Crippen LogP contribution in [0.3, 0.4) is 0 Å². The van der Waals surface area contributed by atoms with E-state index in [0.29, 0.717) is 16.9 Å². The van der Waals surface area contributed by atoms with Crippen molar-refractivity contribution in [3.05, 3.63) is 101 Å². The van der Waals surface area contributed by atoms with Crippen LogP contribution in [0.25, 0.3) is 5.57 Å². The predicted molar refractivity (Wildman–Crippen MR) is 117 cm³/mol. The number of rotatable bonds is 5. The first-order chi connectivity index (χ1) is 13.9. The zero-order valence-corrected chi connectivity index (χ0v) is 17.1. The number of carbonyl (C=O) groups is 1. The number of nitrogens with one attached hydrogen (secondary N) is 1. The van der Waals surface area contributed by atoms with Gasteiger partial charge >= 0.3 is 6.03 Å². The molecule has 0 aliphatic carbocycles. The van der Waals surface area contributed by atoms with Crippen LogP contribution < -0.4 is 9.62 Å². The molecule has 0 saturated heterocycles. The first-order valence-electron chi connectivity index (χ1n) is 9.10. The Morgan fingerprint density at radius 2 is 1.14 bits per heavy atom. The van der Waals surface area contributed by atoms with Crippen molar-refractivity contribution in [2.75, 3.05) is 4.90 Å². The van der Waals surface area contributed by atoms with Crippen LogP contribution in [0.2, 0.25) is 0 Å². The first kappa shape index (κ1) is 20.4. The number of sulfonamides is 1. The zero-order valence-electron chi connectivity index (χ0n) is 16.2. The normalized spacial score (nSPS) is 12.1. The molecule has 5 nitrogen and oxygen atoms in total. The van der Waals surface area contributed by atoms with E-state index >= 15 is 0 Å². The van der Waals surface area contributed by atoms with E-state index in [1.54, 1.807) is 55.5 Å². The number of amides is 2. The van der Waals surface area contributed by atoms with Crippen LogP contribution in [-0.4, -0.2) is 14.4 Å². The van der Waals surface area contributed by atoms with Gasteiger partial charge in [-0.15, -0.1) is 0 Å². The van der Waals surface area contributed by atoms with Crippen molar-refractivity contribution >= 4 is 33.0 Å². The van der Waals surface area contributed by atoms with E-state index < -0.39 is 16.1 Å². The average molecular weight is 407 g/mol. The van der Waals surface area contributed by atoms with Crippen LogP contribution in [0.15, 0.2) is 95.9 Å². The molecule has 2 amide bonds. The molecule has 3 aromatic rings. The molecule has 3 aromatic carbocycles. The molecule has 3 rings (SSSR count). The maximum Gasteiger partial charge on any atom is 0.340 e. The quantitative estimate of drug-likeness (QED) is 0.624. The van der Waals surface area contributed by atoms with Crippen molar-refractivity contribution in [3.8, 4) is 0 Å². The van der Waals surface area contributed by atoms with Crippen LogP contribution in [0.4, 0.5) is 16.2 Å². The highest BCUT2D eigenvalue weighted by molar-refractivity contribution is 7.94. The molecule has 0 radical (unpaired) electrons. The standard InChI is InChI=1S/C23H22N2O3S/c1-18(20-12-6-3-7-13-20)19(2)29(27,28)24-23(26)25(21-14-8-4-9-15-21)22-16-10-5-11-17-22/h3-17H,1-2H3,(H,24,26). The molecule has 0 aliphatic rings.